The van der Waals surface area contributed by atoms with Crippen LogP contribution in [-0.4, -0.2) is 33.7 Å². The zero-order valence-corrected chi connectivity index (χ0v) is 13.4. The van der Waals surface area contributed by atoms with Crippen molar-refractivity contribution in [3.05, 3.63) is 29.6 Å². The van der Waals surface area contributed by atoms with Crippen LogP contribution in [0.1, 0.15) is 24.8 Å². The molecule has 0 atom stereocenters. The minimum atomic E-state index is -3.84. The van der Waals surface area contributed by atoms with E-state index < -0.39 is 15.8 Å². The Bertz CT molecular complexity index is 591. The number of methoxy groups -OCH3 is 1. The number of halogens is 1. The Hall–Kier alpha value is -1.09. The van der Waals surface area contributed by atoms with Gasteiger partial charge in [-0.1, -0.05) is 18.3 Å². The molecule has 0 aliphatic carbocycles. The lowest BCUT2D eigenvalue weighted by molar-refractivity contribution is 0.192. The second-order valence-corrected chi connectivity index (χ2v) is 6.60. The minimum Gasteiger partial charge on any atom is -0.389 e. The van der Waals surface area contributed by atoms with Crippen LogP contribution >= 0.6 is 12.2 Å². The molecular weight excluding hydrogens is 315 g/mol. The Balaban J connectivity index is 2.75. The molecule has 0 unspecified atom stereocenters. The van der Waals surface area contributed by atoms with Crippen molar-refractivity contribution in [1.29, 1.82) is 0 Å². The maximum Gasteiger partial charge on any atom is 0.241 e. The second kappa shape index (κ2) is 8.38. The van der Waals surface area contributed by atoms with Crippen LogP contribution in [0.15, 0.2) is 23.1 Å². The van der Waals surface area contributed by atoms with E-state index in [4.69, 9.17) is 22.7 Å². The van der Waals surface area contributed by atoms with Crippen LogP contribution < -0.4 is 10.5 Å². The number of ether oxygens (including phenoxy) is 1. The van der Waals surface area contributed by atoms with E-state index in [1.807, 2.05) is 0 Å². The van der Waals surface area contributed by atoms with Gasteiger partial charge < -0.3 is 10.5 Å². The van der Waals surface area contributed by atoms with Gasteiger partial charge in [0.15, 0.2) is 0 Å². The monoisotopic (exact) mass is 334 g/mol. The number of rotatable bonds is 9. The zero-order valence-electron chi connectivity index (χ0n) is 11.8. The van der Waals surface area contributed by atoms with Crippen molar-refractivity contribution in [2.24, 2.45) is 5.73 Å². The Morgan fingerprint density at radius 3 is 2.71 bits per heavy atom. The first-order valence-electron chi connectivity index (χ1n) is 6.47. The number of hydrogen-bond acceptors (Lipinski definition) is 4. The van der Waals surface area contributed by atoms with Gasteiger partial charge in [0.1, 0.15) is 10.8 Å². The molecule has 0 bridgehead atoms. The van der Waals surface area contributed by atoms with Gasteiger partial charge in [0, 0.05) is 20.3 Å². The van der Waals surface area contributed by atoms with Gasteiger partial charge in [-0.25, -0.2) is 17.5 Å². The van der Waals surface area contributed by atoms with Crippen LogP contribution in [-0.2, 0) is 14.8 Å². The van der Waals surface area contributed by atoms with Crippen molar-refractivity contribution in [2.75, 3.05) is 20.3 Å². The lowest BCUT2D eigenvalue weighted by Crippen LogP contribution is -2.28. The molecule has 0 amide bonds. The quantitative estimate of drug-likeness (QED) is 0.529. The minimum absolute atomic E-state index is 0.230. The summed E-state index contributed by atoms with van der Waals surface area (Å²) in [5.41, 5.74) is 5.16. The predicted octanol–water partition coefficient (Wildman–Crippen LogP) is 1.55. The number of unbranched alkanes of at least 4 members (excludes halogenated alkanes) is 2. The van der Waals surface area contributed by atoms with E-state index in [0.717, 1.165) is 18.9 Å². The van der Waals surface area contributed by atoms with Crippen molar-refractivity contribution in [3.63, 3.8) is 0 Å². The van der Waals surface area contributed by atoms with Crippen molar-refractivity contribution < 1.29 is 17.5 Å². The third-order valence-electron chi connectivity index (χ3n) is 2.83. The van der Waals surface area contributed by atoms with Gasteiger partial charge >= 0.3 is 0 Å². The summed E-state index contributed by atoms with van der Waals surface area (Å²) in [7, 11) is -2.22. The highest BCUT2D eigenvalue weighted by Crippen LogP contribution is 2.18. The Morgan fingerprint density at radius 1 is 1.38 bits per heavy atom. The van der Waals surface area contributed by atoms with Crippen LogP contribution in [0.25, 0.3) is 0 Å². The predicted molar refractivity (Wildman–Crippen MR) is 83.2 cm³/mol. The van der Waals surface area contributed by atoms with E-state index in [1.165, 1.54) is 12.1 Å². The highest BCUT2D eigenvalue weighted by Gasteiger charge is 2.22. The normalized spacial score (nSPS) is 11.5. The van der Waals surface area contributed by atoms with Gasteiger partial charge in [-0.2, -0.15) is 0 Å². The molecule has 0 radical (unpaired) electrons. The molecule has 5 nitrogen and oxygen atoms in total. The first-order valence-corrected chi connectivity index (χ1v) is 8.36. The Morgan fingerprint density at radius 2 is 2.10 bits per heavy atom. The van der Waals surface area contributed by atoms with E-state index >= 15 is 0 Å². The molecule has 118 valence electrons. The van der Waals surface area contributed by atoms with Crippen LogP contribution in [0.5, 0.6) is 0 Å². The zero-order chi connectivity index (χ0) is 15.9. The van der Waals surface area contributed by atoms with Crippen molar-refractivity contribution in [2.45, 2.75) is 24.2 Å². The summed E-state index contributed by atoms with van der Waals surface area (Å²) in [4.78, 5) is -0.513. The first-order chi connectivity index (χ1) is 9.90. The summed E-state index contributed by atoms with van der Waals surface area (Å²) >= 11 is 4.72. The molecule has 0 saturated heterocycles. The molecule has 0 aliphatic rings. The van der Waals surface area contributed by atoms with E-state index in [-0.39, 0.29) is 22.0 Å². The third-order valence-corrected chi connectivity index (χ3v) is 4.54. The lowest BCUT2D eigenvalue weighted by atomic mass is 10.2. The average molecular weight is 334 g/mol. The molecule has 0 aliphatic heterocycles. The van der Waals surface area contributed by atoms with Crippen LogP contribution in [0.4, 0.5) is 4.39 Å². The molecule has 1 aromatic rings. The summed E-state index contributed by atoms with van der Waals surface area (Å²) in [5, 5.41) is 0. The molecule has 21 heavy (non-hydrogen) atoms. The van der Waals surface area contributed by atoms with Gasteiger partial charge in [-0.15, -0.1) is 0 Å². The topological polar surface area (TPSA) is 81.4 Å². The molecule has 0 fully saturated rings. The number of nitrogens with two attached hydrogens (primary N) is 1. The summed E-state index contributed by atoms with van der Waals surface area (Å²) in [6.07, 6.45) is 2.36. The maximum absolute atomic E-state index is 13.7. The van der Waals surface area contributed by atoms with Gasteiger partial charge in [0.25, 0.3) is 0 Å². The number of nitrogens with one attached hydrogen (secondary N) is 1. The number of sulfonamides is 1. The van der Waals surface area contributed by atoms with E-state index in [0.29, 0.717) is 13.0 Å². The van der Waals surface area contributed by atoms with Crippen molar-refractivity contribution in [1.82, 2.24) is 4.72 Å². The van der Waals surface area contributed by atoms with Crippen molar-refractivity contribution >= 4 is 27.2 Å². The Labute approximate surface area is 129 Å². The molecule has 0 heterocycles. The van der Waals surface area contributed by atoms with Crippen LogP contribution in [0.3, 0.4) is 0 Å². The first kappa shape index (κ1) is 18.0. The number of benzene rings is 1. The van der Waals surface area contributed by atoms with Gasteiger partial charge in [-0.3, -0.25) is 0 Å². The third kappa shape index (κ3) is 5.31. The van der Waals surface area contributed by atoms with E-state index in [9.17, 15) is 12.8 Å². The number of hydrogen-bond donors (Lipinski definition) is 2. The molecule has 3 N–H and O–H groups in total. The molecule has 1 aromatic carbocycles. The van der Waals surface area contributed by atoms with Gasteiger partial charge in [-0.05, 0) is 31.4 Å². The molecule has 0 spiro atoms. The summed E-state index contributed by atoms with van der Waals surface area (Å²) < 4.78 is 45.4. The fourth-order valence-corrected chi connectivity index (χ4v) is 3.37. The molecule has 8 heteroatoms. The second-order valence-electron chi connectivity index (χ2n) is 4.43. The van der Waals surface area contributed by atoms with E-state index in [1.54, 1.807) is 7.11 Å². The Kier molecular flexibility index (Phi) is 7.16. The molecular formula is C13H19FN2O3S2. The smallest absolute Gasteiger partial charge is 0.241 e. The van der Waals surface area contributed by atoms with Crippen LogP contribution in [0, 0.1) is 5.82 Å². The summed E-state index contributed by atoms with van der Waals surface area (Å²) in [6.45, 7) is 0.904. The summed E-state index contributed by atoms with van der Waals surface area (Å²) in [6, 6.07) is 3.72. The average Bonchev–Trinajstić information content (AvgIpc) is 2.42. The van der Waals surface area contributed by atoms with Gasteiger partial charge in [0.2, 0.25) is 10.0 Å². The molecule has 0 aromatic heterocycles. The number of thiocarbonyl (C=S) groups is 1. The maximum atomic E-state index is 13.7. The fourth-order valence-electron chi connectivity index (χ4n) is 1.80. The van der Waals surface area contributed by atoms with E-state index in [2.05, 4.69) is 4.72 Å². The van der Waals surface area contributed by atoms with Crippen molar-refractivity contribution in [3.8, 4) is 0 Å². The summed E-state index contributed by atoms with van der Waals surface area (Å²) in [5.74, 6) is -0.745. The largest absolute Gasteiger partial charge is 0.389 e. The highest BCUT2D eigenvalue weighted by atomic mass is 32.2. The standard InChI is InChI=1S/C13H19FN2O3S2/c1-19-9-4-2-3-8-16-21(17,18)11-7-5-6-10(14)12(11)13(15)20/h5-7,16H,2-4,8-9H2,1H3,(H2,15,20). The van der Waals surface area contributed by atoms with Crippen LogP contribution in [0.2, 0.25) is 0 Å². The highest BCUT2D eigenvalue weighted by molar-refractivity contribution is 7.89. The van der Waals surface area contributed by atoms with Gasteiger partial charge in [0.05, 0.1) is 10.5 Å². The fraction of sp³-hybridized carbons (Fsp3) is 0.462. The molecule has 0 saturated carbocycles. The SMILES string of the molecule is COCCCCCNS(=O)(=O)c1cccc(F)c1C(N)=S. The lowest BCUT2D eigenvalue weighted by Gasteiger charge is -2.11. The molecule has 1 rings (SSSR count).